The van der Waals surface area contributed by atoms with Crippen LogP contribution in [0.5, 0.6) is 0 Å². The first-order valence-electron chi connectivity index (χ1n) is 8.70. The minimum absolute atomic E-state index is 0.0180. The monoisotopic (exact) mass is 380 g/mol. The van der Waals surface area contributed by atoms with Gasteiger partial charge in [0.05, 0.1) is 12.7 Å². The van der Waals surface area contributed by atoms with Crippen LogP contribution in [0.2, 0.25) is 0 Å². The fraction of sp³-hybridized carbons (Fsp3) is 0.190. The van der Waals surface area contributed by atoms with E-state index in [1.807, 2.05) is 25.1 Å². The van der Waals surface area contributed by atoms with Crippen molar-refractivity contribution in [1.29, 1.82) is 0 Å². The molecule has 0 spiro atoms. The van der Waals surface area contributed by atoms with E-state index in [-0.39, 0.29) is 12.3 Å². The number of rotatable bonds is 6. The Hall–Kier alpha value is -3.61. The zero-order chi connectivity index (χ0) is 20.1. The SMILES string of the molecule is CNC(=O)c1ccc(NC(=O)COC(=O)Cc2coc3cc(C)ccc23)cc1. The van der Waals surface area contributed by atoms with Crippen LogP contribution in [0.1, 0.15) is 21.5 Å². The largest absolute Gasteiger partial charge is 0.464 e. The van der Waals surface area contributed by atoms with Crippen molar-refractivity contribution in [2.75, 3.05) is 19.0 Å². The predicted octanol–water partition coefficient (Wildman–Crippen LogP) is 2.83. The Morgan fingerprint density at radius 1 is 1.07 bits per heavy atom. The maximum atomic E-state index is 12.0. The molecule has 0 saturated heterocycles. The zero-order valence-corrected chi connectivity index (χ0v) is 15.6. The molecule has 3 rings (SSSR count). The van der Waals surface area contributed by atoms with Gasteiger partial charge in [-0.1, -0.05) is 12.1 Å². The topological polar surface area (TPSA) is 97.6 Å². The van der Waals surface area contributed by atoms with Crippen LogP contribution in [-0.4, -0.2) is 31.4 Å². The first kappa shape index (κ1) is 19.2. The summed E-state index contributed by atoms with van der Waals surface area (Å²) in [6.07, 6.45) is 1.55. The molecule has 144 valence electrons. The smallest absolute Gasteiger partial charge is 0.310 e. The molecule has 7 heteroatoms. The van der Waals surface area contributed by atoms with Crippen molar-refractivity contribution < 1.29 is 23.5 Å². The second-order valence-corrected chi connectivity index (χ2v) is 6.30. The molecule has 2 N–H and O–H groups in total. The summed E-state index contributed by atoms with van der Waals surface area (Å²) >= 11 is 0. The molecule has 0 atom stereocenters. The summed E-state index contributed by atoms with van der Waals surface area (Å²) < 4.78 is 10.5. The third-order valence-electron chi connectivity index (χ3n) is 4.17. The lowest BCUT2D eigenvalue weighted by atomic mass is 10.1. The fourth-order valence-corrected chi connectivity index (χ4v) is 2.73. The summed E-state index contributed by atoms with van der Waals surface area (Å²) in [7, 11) is 1.54. The lowest BCUT2D eigenvalue weighted by Gasteiger charge is -2.07. The number of hydrogen-bond acceptors (Lipinski definition) is 5. The number of hydrogen-bond donors (Lipinski definition) is 2. The number of nitrogens with one attached hydrogen (secondary N) is 2. The molecule has 1 aromatic heterocycles. The van der Waals surface area contributed by atoms with Crippen LogP contribution in [0.3, 0.4) is 0 Å². The highest BCUT2D eigenvalue weighted by Crippen LogP contribution is 2.23. The Morgan fingerprint density at radius 3 is 2.54 bits per heavy atom. The molecular formula is C21H20N2O5. The number of carbonyl (C=O) groups excluding carboxylic acids is 3. The molecule has 0 aliphatic carbocycles. The number of ether oxygens (including phenoxy) is 1. The Bertz CT molecular complexity index is 1020. The second-order valence-electron chi connectivity index (χ2n) is 6.30. The number of fused-ring (bicyclic) bond motifs is 1. The Labute approximate surface area is 161 Å². The quantitative estimate of drug-likeness (QED) is 0.641. The van der Waals surface area contributed by atoms with Crippen molar-refractivity contribution in [1.82, 2.24) is 5.32 Å². The molecule has 0 aliphatic heterocycles. The molecule has 1 heterocycles. The number of aryl methyl sites for hydroxylation is 1. The van der Waals surface area contributed by atoms with Gasteiger partial charge in [0.1, 0.15) is 5.58 Å². The highest BCUT2D eigenvalue weighted by Gasteiger charge is 2.13. The van der Waals surface area contributed by atoms with Gasteiger partial charge in [-0.2, -0.15) is 0 Å². The summed E-state index contributed by atoms with van der Waals surface area (Å²) in [5.74, 6) is -1.20. The van der Waals surface area contributed by atoms with Crippen LogP contribution >= 0.6 is 0 Å². The number of benzene rings is 2. The first-order chi connectivity index (χ1) is 13.5. The maximum Gasteiger partial charge on any atom is 0.310 e. The van der Waals surface area contributed by atoms with Gasteiger partial charge in [0, 0.05) is 29.2 Å². The van der Waals surface area contributed by atoms with E-state index in [2.05, 4.69) is 10.6 Å². The molecule has 0 bridgehead atoms. The van der Waals surface area contributed by atoms with Crippen molar-refractivity contribution in [3.05, 3.63) is 65.4 Å². The van der Waals surface area contributed by atoms with E-state index in [1.165, 1.54) is 6.26 Å². The molecule has 0 saturated carbocycles. The third kappa shape index (κ3) is 4.56. The van der Waals surface area contributed by atoms with Crippen molar-refractivity contribution >= 4 is 34.4 Å². The van der Waals surface area contributed by atoms with Crippen LogP contribution in [0, 0.1) is 6.92 Å². The summed E-state index contributed by atoms with van der Waals surface area (Å²) in [6, 6.07) is 12.1. The highest BCUT2D eigenvalue weighted by molar-refractivity contribution is 5.96. The van der Waals surface area contributed by atoms with Crippen LogP contribution in [0.15, 0.2) is 53.1 Å². The van der Waals surface area contributed by atoms with Crippen LogP contribution in [0.25, 0.3) is 11.0 Å². The summed E-state index contributed by atoms with van der Waals surface area (Å²) in [5.41, 5.74) is 3.47. The minimum Gasteiger partial charge on any atom is -0.464 e. The minimum atomic E-state index is -0.520. The third-order valence-corrected chi connectivity index (χ3v) is 4.17. The molecule has 28 heavy (non-hydrogen) atoms. The lowest BCUT2D eigenvalue weighted by molar-refractivity contribution is -0.146. The molecule has 2 amide bonds. The summed E-state index contributed by atoms with van der Waals surface area (Å²) in [5, 5.41) is 5.98. The molecule has 0 fully saturated rings. The van der Waals surface area contributed by atoms with E-state index < -0.39 is 18.5 Å². The molecule has 0 aliphatic rings. The Kier molecular flexibility index (Phi) is 5.74. The maximum absolute atomic E-state index is 12.0. The summed E-state index contributed by atoms with van der Waals surface area (Å²) in [4.78, 5) is 35.5. The van der Waals surface area contributed by atoms with Gasteiger partial charge in [-0.3, -0.25) is 14.4 Å². The van der Waals surface area contributed by atoms with Crippen LogP contribution in [-0.2, 0) is 20.7 Å². The first-order valence-corrected chi connectivity index (χ1v) is 8.70. The van der Waals surface area contributed by atoms with E-state index in [9.17, 15) is 14.4 Å². The van der Waals surface area contributed by atoms with Gasteiger partial charge in [0.15, 0.2) is 6.61 Å². The predicted molar refractivity (Wildman–Crippen MR) is 104 cm³/mol. The Balaban J connectivity index is 1.51. The molecule has 3 aromatic rings. The normalized spacial score (nSPS) is 10.5. The van der Waals surface area contributed by atoms with Gasteiger partial charge in [0.25, 0.3) is 11.8 Å². The number of amides is 2. The zero-order valence-electron chi connectivity index (χ0n) is 15.6. The van der Waals surface area contributed by atoms with E-state index >= 15 is 0 Å². The lowest BCUT2D eigenvalue weighted by Crippen LogP contribution is -2.22. The number of furan rings is 1. The van der Waals surface area contributed by atoms with Gasteiger partial charge < -0.3 is 19.8 Å². The molecule has 0 unspecified atom stereocenters. The van der Waals surface area contributed by atoms with Gasteiger partial charge >= 0.3 is 5.97 Å². The van der Waals surface area contributed by atoms with E-state index in [0.29, 0.717) is 22.4 Å². The number of anilines is 1. The number of carbonyl (C=O) groups is 3. The molecule has 2 aromatic carbocycles. The van der Waals surface area contributed by atoms with E-state index in [1.54, 1.807) is 31.3 Å². The fourth-order valence-electron chi connectivity index (χ4n) is 2.73. The molecular weight excluding hydrogens is 360 g/mol. The standard InChI is InChI=1S/C21H20N2O5/c1-13-3-8-17-15(11-27-18(17)9-13)10-20(25)28-12-19(24)23-16-6-4-14(5-7-16)21(26)22-2/h3-9,11H,10,12H2,1-2H3,(H,22,26)(H,23,24). The molecule has 0 radical (unpaired) electrons. The van der Waals surface area contributed by atoms with Crippen LogP contribution < -0.4 is 10.6 Å². The van der Waals surface area contributed by atoms with Crippen molar-refractivity contribution in [3.8, 4) is 0 Å². The van der Waals surface area contributed by atoms with Crippen LogP contribution in [0.4, 0.5) is 5.69 Å². The second kappa shape index (κ2) is 8.39. The number of esters is 1. The van der Waals surface area contributed by atoms with E-state index in [0.717, 1.165) is 10.9 Å². The van der Waals surface area contributed by atoms with Gasteiger partial charge in [0.2, 0.25) is 0 Å². The van der Waals surface area contributed by atoms with Gasteiger partial charge in [-0.05, 0) is 42.8 Å². The average Bonchev–Trinajstić information content (AvgIpc) is 3.08. The van der Waals surface area contributed by atoms with Crippen molar-refractivity contribution in [2.24, 2.45) is 0 Å². The van der Waals surface area contributed by atoms with E-state index in [4.69, 9.17) is 9.15 Å². The Morgan fingerprint density at radius 2 is 1.82 bits per heavy atom. The van der Waals surface area contributed by atoms with Crippen molar-refractivity contribution in [3.63, 3.8) is 0 Å². The highest BCUT2D eigenvalue weighted by atomic mass is 16.5. The summed E-state index contributed by atoms with van der Waals surface area (Å²) in [6.45, 7) is 1.56. The van der Waals surface area contributed by atoms with Gasteiger partial charge in [-0.25, -0.2) is 0 Å². The van der Waals surface area contributed by atoms with Crippen molar-refractivity contribution in [2.45, 2.75) is 13.3 Å². The van der Waals surface area contributed by atoms with Gasteiger partial charge in [-0.15, -0.1) is 0 Å². The molecule has 7 nitrogen and oxygen atoms in total. The average molecular weight is 380 g/mol.